The van der Waals surface area contributed by atoms with E-state index >= 15 is 0 Å². The fourth-order valence-electron chi connectivity index (χ4n) is 8.36. The number of hydroxylamine groups is 4. The van der Waals surface area contributed by atoms with Crippen LogP contribution in [0.15, 0.2) is 95.7 Å². The maximum Gasteiger partial charge on any atom is 0.356 e. The average Bonchev–Trinajstić information content (AvgIpc) is 3.57. The maximum absolute atomic E-state index is 13.5. The summed E-state index contributed by atoms with van der Waals surface area (Å²) >= 11 is 6.40. The van der Waals surface area contributed by atoms with Crippen LogP contribution in [0.5, 0.6) is 0 Å². The third-order valence-electron chi connectivity index (χ3n) is 12.5. The minimum Gasteiger partial charge on any atom is -0.458 e. The second kappa shape index (κ2) is 30.0. The summed E-state index contributed by atoms with van der Waals surface area (Å²) in [6.07, 6.45) is 1.69. The number of nitro benzene ring substituents is 1. The molecule has 0 aliphatic carbocycles. The number of carbonyl (C=O) groups is 8. The number of rotatable bonds is 31. The van der Waals surface area contributed by atoms with E-state index in [-0.39, 0.29) is 81.0 Å². The van der Waals surface area contributed by atoms with Crippen LogP contribution in [0.25, 0.3) is 0 Å². The third kappa shape index (κ3) is 19.6. The zero-order valence-corrected chi connectivity index (χ0v) is 45.3. The van der Waals surface area contributed by atoms with E-state index in [1.165, 1.54) is 46.2 Å². The molecule has 3 aromatic carbocycles. The number of carbonyl (C=O) groups excluding carboxylic acids is 8. The number of ether oxygens (including phenoxy) is 2. The van der Waals surface area contributed by atoms with Crippen LogP contribution in [0.2, 0.25) is 0 Å². The first kappa shape index (κ1) is 61.6. The summed E-state index contributed by atoms with van der Waals surface area (Å²) in [6, 6.07) is 22.4. The first-order valence-corrected chi connectivity index (χ1v) is 26.3. The number of allylic oxidation sites excluding steroid dienone is 1. The van der Waals surface area contributed by atoms with Crippen LogP contribution in [-0.4, -0.2) is 122 Å². The number of nitro groups is 1. The van der Waals surface area contributed by atoms with Crippen molar-refractivity contribution in [3.05, 3.63) is 122 Å². The molecule has 422 valence electrons. The number of amides is 6. The summed E-state index contributed by atoms with van der Waals surface area (Å²) in [5, 5.41) is 33.1. The molecule has 0 saturated carbocycles. The van der Waals surface area contributed by atoms with Crippen molar-refractivity contribution in [2.45, 2.75) is 148 Å². The van der Waals surface area contributed by atoms with E-state index in [1.54, 1.807) is 20.8 Å². The summed E-state index contributed by atoms with van der Waals surface area (Å²) in [6.45, 7) is 7.11. The maximum atomic E-state index is 13.5. The molecule has 5 rings (SSSR count). The molecule has 3 atom stereocenters. The molecule has 2 heterocycles. The highest BCUT2D eigenvalue weighted by molar-refractivity contribution is 6.32. The number of non-ortho nitro benzene ring substituents is 1. The number of nitrogens with one attached hydrogen (secondary N) is 3. The van der Waals surface area contributed by atoms with Crippen molar-refractivity contribution >= 4 is 64.7 Å². The first-order valence-electron chi connectivity index (χ1n) is 26.0. The van der Waals surface area contributed by atoms with E-state index < -0.39 is 82.5 Å². The van der Waals surface area contributed by atoms with Crippen LogP contribution >= 0.6 is 11.6 Å². The van der Waals surface area contributed by atoms with Gasteiger partial charge in [0.25, 0.3) is 11.6 Å². The Bertz CT molecular complexity index is 2600. The molecule has 0 spiro atoms. The van der Waals surface area contributed by atoms with Crippen LogP contribution in [0.3, 0.4) is 0 Å². The number of nitrogens with zero attached hydrogens (tertiary/aromatic N) is 4. The lowest BCUT2D eigenvalue weighted by molar-refractivity contribution is -0.384. The zero-order valence-electron chi connectivity index (χ0n) is 44.5. The Morgan fingerprint density at radius 3 is 1.78 bits per heavy atom. The molecule has 0 aromatic heterocycles. The Balaban J connectivity index is 1.04. The Kier molecular flexibility index (Phi) is 23.7. The van der Waals surface area contributed by atoms with Crippen molar-refractivity contribution in [2.75, 3.05) is 26.2 Å². The molecular formula is C55H70ClN7O15. The molecule has 0 bridgehead atoms. The number of fused-ring (bicyclic) bond motifs is 1. The highest BCUT2D eigenvalue weighted by Gasteiger charge is 2.53. The number of β-lactam (4-membered cyclic amide) rings is 1. The molecule has 6 amide bonds. The van der Waals surface area contributed by atoms with E-state index in [2.05, 4.69) is 16.0 Å². The highest BCUT2D eigenvalue weighted by Crippen LogP contribution is 2.39. The van der Waals surface area contributed by atoms with E-state index in [1.807, 2.05) is 60.7 Å². The SMILES string of the molecule is CC(=O)N(CCCCCNC(=O)CC(O)(CC(=O)NCCCCCN(OCc1ccccc1)C(=O)CCC(=O)N[C@@H]1C(=O)N2C(C(=O)OCc3ccc([N+](=O)[O-])cc3)=C(Cl)CC[C@H]12)C(=O)OC(C)(C)C)OCc1ccccc1. The van der Waals surface area contributed by atoms with Crippen LogP contribution in [-0.2, 0) is 77.3 Å². The van der Waals surface area contributed by atoms with E-state index in [4.69, 9.17) is 30.7 Å². The summed E-state index contributed by atoms with van der Waals surface area (Å²) in [7, 11) is 0. The molecule has 2 aliphatic heterocycles. The third-order valence-corrected chi connectivity index (χ3v) is 12.8. The molecule has 0 radical (unpaired) electrons. The summed E-state index contributed by atoms with van der Waals surface area (Å²) in [5.74, 6) is -5.22. The van der Waals surface area contributed by atoms with Crippen LogP contribution in [0.4, 0.5) is 5.69 Å². The van der Waals surface area contributed by atoms with Gasteiger partial charge < -0.3 is 30.5 Å². The number of hydrogen-bond donors (Lipinski definition) is 4. The molecule has 1 fully saturated rings. The van der Waals surface area contributed by atoms with Gasteiger partial charge in [-0.05, 0) is 101 Å². The minimum absolute atomic E-state index is 0.0586. The smallest absolute Gasteiger partial charge is 0.356 e. The second-order valence-electron chi connectivity index (χ2n) is 20.0. The molecule has 1 saturated heterocycles. The number of hydrogen-bond acceptors (Lipinski definition) is 15. The number of benzene rings is 3. The molecule has 1 unspecified atom stereocenters. The number of unbranched alkanes of at least 4 members (excludes halogenated alkanes) is 4. The fraction of sp³-hybridized carbons (Fsp3) is 0.491. The summed E-state index contributed by atoms with van der Waals surface area (Å²) in [4.78, 5) is 128. The van der Waals surface area contributed by atoms with Crippen molar-refractivity contribution < 1.29 is 67.5 Å². The fourth-order valence-corrected chi connectivity index (χ4v) is 8.64. The largest absolute Gasteiger partial charge is 0.458 e. The molecule has 4 N–H and O–H groups in total. The second-order valence-corrected chi connectivity index (χ2v) is 20.4. The van der Waals surface area contributed by atoms with Crippen LogP contribution in [0, 0.1) is 10.1 Å². The molecule has 23 heteroatoms. The topological polar surface area (TPSA) is 283 Å². The predicted octanol–water partition coefficient (Wildman–Crippen LogP) is 5.72. The van der Waals surface area contributed by atoms with Gasteiger partial charge in [-0.3, -0.25) is 53.5 Å². The van der Waals surface area contributed by atoms with Crippen molar-refractivity contribution in [3.8, 4) is 0 Å². The van der Waals surface area contributed by atoms with Gasteiger partial charge in [-0.25, -0.2) is 19.7 Å². The normalized spacial score (nSPS) is 15.7. The van der Waals surface area contributed by atoms with Gasteiger partial charge in [-0.15, -0.1) is 0 Å². The van der Waals surface area contributed by atoms with E-state index in [9.17, 15) is 53.6 Å². The molecule has 22 nitrogen and oxygen atoms in total. The monoisotopic (exact) mass is 1100 g/mol. The molecule has 78 heavy (non-hydrogen) atoms. The van der Waals surface area contributed by atoms with Crippen molar-refractivity contribution in [2.24, 2.45) is 0 Å². The average molecular weight is 1100 g/mol. The number of halogens is 1. The predicted molar refractivity (Wildman–Crippen MR) is 282 cm³/mol. The van der Waals surface area contributed by atoms with Crippen molar-refractivity contribution in [1.29, 1.82) is 0 Å². The zero-order chi connectivity index (χ0) is 56.8. The Labute approximate surface area is 458 Å². The minimum atomic E-state index is -2.47. The lowest BCUT2D eigenvalue weighted by Crippen LogP contribution is -2.71. The van der Waals surface area contributed by atoms with Gasteiger partial charge in [0.2, 0.25) is 29.5 Å². The van der Waals surface area contributed by atoms with Gasteiger partial charge in [0.05, 0.1) is 23.8 Å². The summed E-state index contributed by atoms with van der Waals surface area (Å²) < 4.78 is 10.8. The van der Waals surface area contributed by atoms with Gasteiger partial charge in [-0.1, -0.05) is 72.3 Å². The first-order chi connectivity index (χ1) is 37.1. The van der Waals surface area contributed by atoms with Gasteiger partial charge in [-0.2, -0.15) is 0 Å². The van der Waals surface area contributed by atoms with E-state index in [0.717, 1.165) is 11.1 Å². The molecular weight excluding hydrogens is 1030 g/mol. The van der Waals surface area contributed by atoms with Gasteiger partial charge in [0.1, 0.15) is 37.2 Å². The Morgan fingerprint density at radius 1 is 0.731 bits per heavy atom. The van der Waals surface area contributed by atoms with Gasteiger partial charge in [0, 0.05) is 63.1 Å². The van der Waals surface area contributed by atoms with E-state index in [0.29, 0.717) is 57.1 Å². The van der Waals surface area contributed by atoms with Crippen molar-refractivity contribution in [1.82, 2.24) is 31.0 Å². The quantitative estimate of drug-likeness (QED) is 0.0197. The lowest BCUT2D eigenvalue weighted by Gasteiger charge is -2.49. The van der Waals surface area contributed by atoms with Crippen LogP contribution < -0.4 is 16.0 Å². The van der Waals surface area contributed by atoms with Crippen molar-refractivity contribution in [3.63, 3.8) is 0 Å². The van der Waals surface area contributed by atoms with Crippen LogP contribution in [0.1, 0.15) is 121 Å². The van der Waals surface area contributed by atoms with Gasteiger partial charge >= 0.3 is 11.9 Å². The van der Waals surface area contributed by atoms with Gasteiger partial charge in [0.15, 0.2) is 5.60 Å². The Morgan fingerprint density at radius 2 is 1.26 bits per heavy atom. The number of aliphatic hydroxyl groups is 1. The lowest BCUT2D eigenvalue weighted by atomic mass is 9.86. The molecule has 3 aromatic rings. The standard InChI is InChI=1S/C55H70ClN7O15/c1-38(64)60(76-36-39-17-9-5-10-18-39)31-15-7-13-29-57-46(66)33-55(72,53(71)78-54(2,3)4)34-47(67)58-30-14-8-16-32-61(77-37-40-19-11-6-12-20-40)48(68)28-27-45(65)59-49-44-26-25-43(56)50(62(44)51(49)69)52(70)75-35-41-21-23-42(24-22-41)63(73)74/h5-6,9-12,17-24,44,49,72H,7-8,13-16,25-37H2,1-4H3,(H,57,66)(H,58,67)(H,59,65)/t44-,49+,55?/m1/s1. The Hall–Kier alpha value is -7.27. The molecule has 2 aliphatic rings. The summed E-state index contributed by atoms with van der Waals surface area (Å²) in [5.41, 5.74) is -1.58. The number of esters is 2. The highest BCUT2D eigenvalue weighted by atomic mass is 35.5.